The molecule has 0 unspecified atom stereocenters. The van der Waals surface area contributed by atoms with Crippen molar-refractivity contribution in [1.29, 1.82) is 0 Å². The van der Waals surface area contributed by atoms with Gasteiger partial charge < -0.3 is 10.6 Å². The van der Waals surface area contributed by atoms with Crippen LogP contribution in [0.5, 0.6) is 0 Å². The van der Waals surface area contributed by atoms with Gasteiger partial charge >= 0.3 is 0 Å². The van der Waals surface area contributed by atoms with Crippen molar-refractivity contribution in [2.75, 3.05) is 5.32 Å². The highest BCUT2D eigenvalue weighted by molar-refractivity contribution is 7.80. The Morgan fingerprint density at radius 2 is 1.74 bits per heavy atom. The van der Waals surface area contributed by atoms with Crippen LogP contribution in [0.25, 0.3) is 0 Å². The van der Waals surface area contributed by atoms with Crippen LogP contribution in [0.15, 0.2) is 42.5 Å². The lowest BCUT2D eigenvalue weighted by Gasteiger charge is -2.22. The van der Waals surface area contributed by atoms with Crippen molar-refractivity contribution >= 4 is 23.0 Å². The molecule has 1 atom stereocenters. The summed E-state index contributed by atoms with van der Waals surface area (Å²) in [5.74, 6) is 0. The van der Waals surface area contributed by atoms with Crippen LogP contribution in [-0.2, 0) is 6.42 Å². The molecule has 0 aliphatic rings. The van der Waals surface area contributed by atoms with E-state index in [1.807, 2.05) is 0 Å². The molecule has 0 aliphatic heterocycles. The molecule has 0 bridgehead atoms. The maximum atomic E-state index is 5.49. The van der Waals surface area contributed by atoms with Gasteiger partial charge in [0.05, 0.1) is 6.04 Å². The number of benzene rings is 2. The highest BCUT2D eigenvalue weighted by atomic mass is 32.1. The highest BCUT2D eigenvalue weighted by Crippen LogP contribution is 2.22. The first-order chi connectivity index (χ1) is 11.0. The summed E-state index contributed by atoms with van der Waals surface area (Å²) in [6.07, 6.45) is 2.04. The molecule has 0 spiro atoms. The molecule has 2 rings (SSSR count). The minimum atomic E-state index is 0.227. The second-order valence-corrected chi connectivity index (χ2v) is 6.38. The zero-order valence-corrected chi connectivity index (χ0v) is 15.3. The molecule has 0 amide bonds. The Morgan fingerprint density at radius 1 is 1.04 bits per heavy atom. The van der Waals surface area contributed by atoms with Gasteiger partial charge in [-0.25, -0.2) is 0 Å². The topological polar surface area (TPSA) is 24.1 Å². The Hall–Kier alpha value is -1.87. The highest BCUT2D eigenvalue weighted by Gasteiger charge is 2.13. The van der Waals surface area contributed by atoms with E-state index >= 15 is 0 Å². The third kappa shape index (κ3) is 4.80. The van der Waals surface area contributed by atoms with Gasteiger partial charge in [0.1, 0.15) is 0 Å². The van der Waals surface area contributed by atoms with Gasteiger partial charge in [0.25, 0.3) is 0 Å². The normalized spacial score (nSPS) is 11.8. The summed E-state index contributed by atoms with van der Waals surface area (Å²) in [6, 6.07) is 15.2. The van der Waals surface area contributed by atoms with Gasteiger partial charge in [-0.05, 0) is 67.7 Å². The number of anilines is 1. The van der Waals surface area contributed by atoms with Crippen LogP contribution in [0, 0.1) is 13.8 Å². The zero-order chi connectivity index (χ0) is 16.8. The fourth-order valence-electron chi connectivity index (χ4n) is 2.77. The van der Waals surface area contributed by atoms with Crippen LogP contribution < -0.4 is 10.6 Å². The third-order valence-electron chi connectivity index (χ3n) is 4.13. The van der Waals surface area contributed by atoms with Gasteiger partial charge in [0.2, 0.25) is 0 Å². The SMILES string of the molecule is CCc1ccc(NC(=S)N[C@@H](CC)c2ccc(C)cc2C)cc1. The monoisotopic (exact) mass is 326 g/mol. The number of thiocarbonyl (C=S) groups is 1. The predicted molar refractivity (Wildman–Crippen MR) is 104 cm³/mol. The van der Waals surface area contributed by atoms with Gasteiger partial charge in [-0.3, -0.25) is 0 Å². The third-order valence-corrected chi connectivity index (χ3v) is 4.35. The second kappa shape index (κ2) is 8.11. The van der Waals surface area contributed by atoms with Crippen LogP contribution >= 0.6 is 12.2 Å². The lowest BCUT2D eigenvalue weighted by Crippen LogP contribution is -2.32. The minimum absolute atomic E-state index is 0.227. The van der Waals surface area contributed by atoms with Gasteiger partial charge in [-0.1, -0.05) is 49.7 Å². The van der Waals surface area contributed by atoms with Gasteiger partial charge in [0, 0.05) is 5.69 Å². The molecular formula is C20H26N2S. The molecular weight excluding hydrogens is 300 g/mol. The lowest BCUT2D eigenvalue weighted by atomic mass is 9.98. The largest absolute Gasteiger partial charge is 0.356 e. The van der Waals surface area contributed by atoms with E-state index in [9.17, 15) is 0 Å². The number of hydrogen-bond donors (Lipinski definition) is 2. The Kier molecular flexibility index (Phi) is 6.17. The van der Waals surface area contributed by atoms with Crippen LogP contribution in [0.4, 0.5) is 5.69 Å². The first kappa shape index (κ1) is 17.5. The van der Waals surface area contributed by atoms with Crippen LogP contribution in [0.3, 0.4) is 0 Å². The summed E-state index contributed by atoms with van der Waals surface area (Å²) in [5.41, 5.74) is 6.26. The molecule has 2 aromatic rings. The summed E-state index contributed by atoms with van der Waals surface area (Å²) < 4.78 is 0. The molecule has 0 saturated heterocycles. The van der Waals surface area contributed by atoms with E-state index in [4.69, 9.17) is 12.2 Å². The maximum Gasteiger partial charge on any atom is 0.171 e. The van der Waals surface area contributed by atoms with Crippen molar-refractivity contribution in [2.24, 2.45) is 0 Å². The molecule has 122 valence electrons. The number of hydrogen-bond acceptors (Lipinski definition) is 1. The van der Waals surface area contributed by atoms with Crippen molar-refractivity contribution < 1.29 is 0 Å². The number of rotatable bonds is 5. The fraction of sp³-hybridized carbons (Fsp3) is 0.350. The average molecular weight is 327 g/mol. The van der Waals surface area contributed by atoms with Crippen molar-refractivity contribution in [1.82, 2.24) is 5.32 Å². The Balaban J connectivity index is 2.04. The van der Waals surface area contributed by atoms with E-state index in [0.717, 1.165) is 18.5 Å². The second-order valence-electron chi connectivity index (χ2n) is 5.97. The maximum absolute atomic E-state index is 5.49. The molecule has 2 N–H and O–H groups in total. The number of aryl methyl sites for hydroxylation is 3. The summed E-state index contributed by atoms with van der Waals surface area (Å²) >= 11 is 5.49. The smallest absolute Gasteiger partial charge is 0.171 e. The Labute approximate surface area is 145 Å². The van der Waals surface area contributed by atoms with Gasteiger partial charge in [0.15, 0.2) is 5.11 Å². The van der Waals surface area contributed by atoms with Crippen LogP contribution in [0.2, 0.25) is 0 Å². The molecule has 0 aromatic heterocycles. The molecule has 0 heterocycles. The van der Waals surface area contributed by atoms with Crippen molar-refractivity contribution in [3.05, 3.63) is 64.7 Å². The van der Waals surface area contributed by atoms with Crippen molar-refractivity contribution in [3.8, 4) is 0 Å². The van der Waals surface area contributed by atoms with E-state index in [0.29, 0.717) is 5.11 Å². The summed E-state index contributed by atoms with van der Waals surface area (Å²) in [7, 11) is 0. The van der Waals surface area contributed by atoms with E-state index in [2.05, 4.69) is 80.8 Å². The predicted octanol–water partition coefficient (Wildman–Crippen LogP) is 5.30. The lowest BCUT2D eigenvalue weighted by molar-refractivity contribution is 0.625. The molecule has 0 fully saturated rings. The Bertz CT molecular complexity index is 662. The summed E-state index contributed by atoms with van der Waals surface area (Å²) in [5, 5.41) is 7.39. The van der Waals surface area contributed by atoms with E-state index in [1.165, 1.54) is 22.3 Å². The molecule has 0 saturated carbocycles. The molecule has 2 nitrogen and oxygen atoms in total. The fourth-order valence-corrected chi connectivity index (χ4v) is 3.03. The van der Waals surface area contributed by atoms with Crippen molar-refractivity contribution in [3.63, 3.8) is 0 Å². The quantitative estimate of drug-likeness (QED) is 0.729. The zero-order valence-electron chi connectivity index (χ0n) is 14.4. The molecule has 3 heteroatoms. The standard InChI is InChI=1S/C20H26N2S/c1-5-16-8-10-17(11-9-16)21-20(23)22-19(6-2)18-12-7-14(3)13-15(18)4/h7-13,19H,5-6H2,1-4H3,(H2,21,22,23)/t19-/m0/s1. The Morgan fingerprint density at radius 3 is 2.30 bits per heavy atom. The average Bonchev–Trinajstić information content (AvgIpc) is 2.54. The molecule has 0 aliphatic carbocycles. The van der Waals surface area contributed by atoms with Gasteiger partial charge in [-0.2, -0.15) is 0 Å². The molecule has 0 radical (unpaired) electrons. The summed E-state index contributed by atoms with van der Waals surface area (Å²) in [6.45, 7) is 8.62. The van der Waals surface area contributed by atoms with Gasteiger partial charge in [-0.15, -0.1) is 0 Å². The first-order valence-electron chi connectivity index (χ1n) is 8.27. The van der Waals surface area contributed by atoms with Crippen LogP contribution in [-0.4, -0.2) is 5.11 Å². The summed E-state index contributed by atoms with van der Waals surface area (Å²) in [4.78, 5) is 0. The van der Waals surface area contributed by atoms with E-state index in [1.54, 1.807) is 0 Å². The van der Waals surface area contributed by atoms with Crippen molar-refractivity contribution in [2.45, 2.75) is 46.6 Å². The van der Waals surface area contributed by atoms with E-state index < -0.39 is 0 Å². The molecule has 2 aromatic carbocycles. The molecule has 23 heavy (non-hydrogen) atoms. The van der Waals surface area contributed by atoms with Crippen LogP contribution in [0.1, 0.15) is 48.6 Å². The number of nitrogens with one attached hydrogen (secondary N) is 2. The first-order valence-corrected chi connectivity index (χ1v) is 8.68. The minimum Gasteiger partial charge on any atom is -0.356 e. The van der Waals surface area contributed by atoms with E-state index in [-0.39, 0.29) is 6.04 Å².